The van der Waals surface area contributed by atoms with Crippen LogP contribution in [-0.2, 0) is 5.41 Å². The minimum Gasteiger partial charge on any atom is -0.311 e. The molecule has 0 saturated heterocycles. The van der Waals surface area contributed by atoms with Crippen molar-refractivity contribution in [3.63, 3.8) is 0 Å². The van der Waals surface area contributed by atoms with Crippen LogP contribution in [0.3, 0.4) is 0 Å². The SMILES string of the molecule is [2H]c1cccc(-c2ccc(N(c3ccc(-c4ccccc4)cc3)c3ccc(-c4ccc(-c5cccc6c5-c5ccccc5C65C6CC7CC(C6)CC5C7)cc4)cc3)cc2)c1. The third kappa shape index (κ3) is 5.59. The Morgan fingerprint density at radius 2 is 0.780 bits per heavy atom. The summed E-state index contributed by atoms with van der Waals surface area (Å²) in [6, 6.07) is 71.4. The van der Waals surface area contributed by atoms with Crippen molar-refractivity contribution in [3.05, 3.63) is 211 Å². The van der Waals surface area contributed by atoms with E-state index in [1.165, 1.54) is 76.6 Å². The standard InChI is InChI=1S/C58H47N/c1-3-10-41(11-4-1)44-22-28-50(29-23-44)59(51-30-24-45(25-31-51)42-12-5-2-6-13-42)52-32-26-46(27-33-52)43-18-20-47(21-19-43)53-15-9-17-56-57(53)54-14-7-8-16-55(54)58(56)48-35-39-34-40(37-48)38-49(58)36-39/h1-33,39-40,48-49H,34-38H2/i3D. The molecule has 1 spiro atoms. The summed E-state index contributed by atoms with van der Waals surface area (Å²) in [5.41, 5.74) is 19.3. The maximum absolute atomic E-state index is 8.13. The molecule has 0 aliphatic heterocycles. The Balaban J connectivity index is 0.872. The van der Waals surface area contributed by atoms with E-state index < -0.39 is 0 Å². The highest BCUT2D eigenvalue weighted by atomic mass is 15.1. The second-order valence-corrected chi connectivity index (χ2v) is 17.7. The molecular formula is C58H47N. The third-order valence-corrected chi connectivity index (χ3v) is 14.6. The number of hydrogen-bond donors (Lipinski definition) is 0. The molecule has 4 bridgehead atoms. The van der Waals surface area contributed by atoms with Crippen LogP contribution in [0, 0.1) is 23.7 Å². The first kappa shape index (κ1) is 33.5. The summed E-state index contributed by atoms with van der Waals surface area (Å²) < 4.78 is 8.13. The van der Waals surface area contributed by atoms with Crippen LogP contribution in [0.25, 0.3) is 55.6 Å². The first-order valence-electron chi connectivity index (χ1n) is 22.2. The van der Waals surface area contributed by atoms with Gasteiger partial charge in [0.05, 0.1) is 1.37 Å². The molecule has 8 aromatic carbocycles. The molecule has 0 heterocycles. The van der Waals surface area contributed by atoms with Gasteiger partial charge in [-0.15, -0.1) is 0 Å². The first-order valence-corrected chi connectivity index (χ1v) is 21.7. The molecule has 284 valence electrons. The monoisotopic (exact) mass is 758 g/mol. The number of benzene rings is 8. The fraction of sp³-hybridized carbons (Fsp3) is 0.172. The minimum atomic E-state index is 0.186. The van der Waals surface area contributed by atoms with E-state index in [-0.39, 0.29) is 5.41 Å². The van der Waals surface area contributed by atoms with Gasteiger partial charge in [-0.2, -0.15) is 0 Å². The molecule has 0 aromatic heterocycles. The number of anilines is 3. The summed E-state index contributed by atoms with van der Waals surface area (Å²) in [6.07, 6.45) is 7.11. The van der Waals surface area contributed by atoms with E-state index >= 15 is 0 Å². The smallest absolute Gasteiger partial charge is 0.0623 e. The molecule has 5 aliphatic carbocycles. The molecule has 0 N–H and O–H groups in total. The van der Waals surface area contributed by atoms with Gasteiger partial charge in [-0.25, -0.2) is 0 Å². The lowest BCUT2D eigenvalue weighted by atomic mass is 9.43. The maximum Gasteiger partial charge on any atom is 0.0623 e. The van der Waals surface area contributed by atoms with E-state index in [4.69, 9.17) is 1.37 Å². The van der Waals surface area contributed by atoms with Crippen molar-refractivity contribution in [2.24, 2.45) is 23.7 Å². The minimum absolute atomic E-state index is 0.186. The van der Waals surface area contributed by atoms with Gasteiger partial charge in [-0.3, -0.25) is 0 Å². The molecule has 5 aliphatic rings. The quantitative estimate of drug-likeness (QED) is 0.156. The summed E-state index contributed by atoms with van der Waals surface area (Å²) in [7, 11) is 0. The number of rotatable bonds is 7. The highest BCUT2D eigenvalue weighted by molar-refractivity contribution is 5.93. The van der Waals surface area contributed by atoms with E-state index in [1.54, 1.807) is 11.1 Å². The van der Waals surface area contributed by atoms with Gasteiger partial charge < -0.3 is 4.90 Å². The van der Waals surface area contributed by atoms with Gasteiger partial charge in [0.25, 0.3) is 0 Å². The summed E-state index contributed by atoms with van der Waals surface area (Å²) in [6.45, 7) is 0. The van der Waals surface area contributed by atoms with Crippen LogP contribution in [0.4, 0.5) is 17.1 Å². The van der Waals surface area contributed by atoms with Crippen molar-refractivity contribution >= 4 is 17.1 Å². The average Bonchev–Trinajstić information content (AvgIpc) is 3.60. The average molecular weight is 759 g/mol. The first-order chi connectivity index (χ1) is 29.6. The molecule has 0 atom stereocenters. The normalized spacial score (nSPS) is 22.2. The Kier molecular flexibility index (Phi) is 7.87. The van der Waals surface area contributed by atoms with Crippen molar-refractivity contribution in [1.29, 1.82) is 0 Å². The van der Waals surface area contributed by atoms with Crippen LogP contribution in [0.15, 0.2) is 200 Å². The molecule has 0 unspecified atom stereocenters. The Morgan fingerprint density at radius 3 is 1.34 bits per heavy atom. The lowest BCUT2D eigenvalue weighted by Gasteiger charge is -2.61. The predicted octanol–water partition coefficient (Wildman–Crippen LogP) is 15.5. The molecular weight excluding hydrogens is 711 g/mol. The highest BCUT2D eigenvalue weighted by Gasteiger charge is 2.61. The van der Waals surface area contributed by atoms with Crippen molar-refractivity contribution < 1.29 is 1.37 Å². The lowest BCUT2D eigenvalue weighted by Crippen LogP contribution is -2.55. The molecule has 0 amide bonds. The van der Waals surface area contributed by atoms with Crippen LogP contribution < -0.4 is 4.90 Å². The van der Waals surface area contributed by atoms with Gasteiger partial charge in [0.2, 0.25) is 0 Å². The maximum atomic E-state index is 8.13. The van der Waals surface area contributed by atoms with Gasteiger partial charge in [0, 0.05) is 22.5 Å². The third-order valence-electron chi connectivity index (χ3n) is 14.6. The Labute approximate surface area is 350 Å². The molecule has 59 heavy (non-hydrogen) atoms. The second-order valence-electron chi connectivity index (χ2n) is 17.7. The lowest BCUT2D eigenvalue weighted by molar-refractivity contribution is -0.0399. The van der Waals surface area contributed by atoms with Gasteiger partial charge in [-0.1, -0.05) is 164 Å². The highest BCUT2D eigenvalue weighted by Crippen LogP contribution is 2.70. The molecule has 0 radical (unpaired) electrons. The number of nitrogens with zero attached hydrogens (tertiary/aromatic N) is 1. The van der Waals surface area contributed by atoms with Crippen LogP contribution in [-0.4, -0.2) is 0 Å². The number of hydrogen-bond acceptors (Lipinski definition) is 1. The fourth-order valence-corrected chi connectivity index (χ4v) is 12.3. The van der Waals surface area contributed by atoms with Crippen molar-refractivity contribution in [2.45, 2.75) is 37.5 Å². The van der Waals surface area contributed by atoms with Gasteiger partial charge in [0.1, 0.15) is 0 Å². The van der Waals surface area contributed by atoms with Crippen LogP contribution >= 0.6 is 0 Å². The summed E-state index contributed by atoms with van der Waals surface area (Å²) in [5, 5.41) is 0. The van der Waals surface area contributed by atoms with Gasteiger partial charge in [0.15, 0.2) is 0 Å². The summed E-state index contributed by atoms with van der Waals surface area (Å²) >= 11 is 0. The Morgan fingerprint density at radius 1 is 0.356 bits per heavy atom. The zero-order valence-corrected chi connectivity index (χ0v) is 33.3. The van der Waals surface area contributed by atoms with Crippen LogP contribution in [0.5, 0.6) is 0 Å². The fourth-order valence-electron chi connectivity index (χ4n) is 12.3. The molecule has 13 rings (SSSR count). The Hall–Kier alpha value is -6.44. The van der Waals surface area contributed by atoms with Crippen LogP contribution in [0.1, 0.15) is 44.6 Å². The largest absolute Gasteiger partial charge is 0.311 e. The van der Waals surface area contributed by atoms with Crippen molar-refractivity contribution in [1.82, 2.24) is 0 Å². The summed E-state index contributed by atoms with van der Waals surface area (Å²) in [5.74, 6) is 3.43. The van der Waals surface area contributed by atoms with Gasteiger partial charge in [-0.05, 0) is 159 Å². The molecule has 1 nitrogen and oxygen atoms in total. The molecule has 4 saturated carbocycles. The zero-order chi connectivity index (χ0) is 39.8. The van der Waals surface area contributed by atoms with Crippen molar-refractivity contribution in [3.8, 4) is 55.6 Å². The molecule has 4 fully saturated rings. The summed E-state index contributed by atoms with van der Waals surface area (Å²) in [4.78, 5) is 2.33. The van der Waals surface area contributed by atoms with E-state index in [9.17, 15) is 0 Å². The zero-order valence-electron chi connectivity index (χ0n) is 34.3. The Bertz CT molecular complexity index is 2830. The molecule has 8 aromatic rings. The van der Waals surface area contributed by atoms with Crippen LogP contribution in [0.2, 0.25) is 0 Å². The van der Waals surface area contributed by atoms with E-state index in [1.807, 2.05) is 18.2 Å². The predicted molar refractivity (Wildman–Crippen MR) is 246 cm³/mol. The van der Waals surface area contributed by atoms with E-state index in [0.29, 0.717) is 6.04 Å². The number of fused-ring (bicyclic) bond motifs is 3. The van der Waals surface area contributed by atoms with E-state index in [0.717, 1.165) is 51.9 Å². The molecule has 1 heteroatoms. The van der Waals surface area contributed by atoms with Crippen molar-refractivity contribution in [2.75, 3.05) is 4.90 Å². The van der Waals surface area contributed by atoms with E-state index in [2.05, 4.69) is 181 Å². The topological polar surface area (TPSA) is 3.24 Å². The second kappa shape index (κ2) is 13.8. The van der Waals surface area contributed by atoms with Gasteiger partial charge >= 0.3 is 0 Å².